The van der Waals surface area contributed by atoms with Crippen LogP contribution in [0.2, 0.25) is 0 Å². The van der Waals surface area contributed by atoms with Gasteiger partial charge in [-0.1, -0.05) is 12.1 Å². The highest BCUT2D eigenvalue weighted by Crippen LogP contribution is 2.14. The number of methoxy groups -OCH3 is 1. The van der Waals surface area contributed by atoms with Crippen LogP contribution in [0.25, 0.3) is 5.69 Å². The third-order valence-corrected chi connectivity index (χ3v) is 5.01. The van der Waals surface area contributed by atoms with Crippen molar-refractivity contribution in [3.05, 3.63) is 77.6 Å². The Morgan fingerprint density at radius 3 is 2.56 bits per heavy atom. The van der Waals surface area contributed by atoms with Gasteiger partial charge in [-0.05, 0) is 61.4 Å². The lowest BCUT2D eigenvalue weighted by Gasteiger charge is -2.13. The van der Waals surface area contributed by atoms with E-state index in [9.17, 15) is 4.79 Å². The molecule has 1 aromatic heterocycles. The lowest BCUT2D eigenvalue weighted by atomic mass is 10.1. The van der Waals surface area contributed by atoms with Gasteiger partial charge in [-0.25, -0.2) is 9.67 Å². The lowest BCUT2D eigenvalue weighted by Crippen LogP contribution is -2.38. The fraction of sp³-hybridized carbons (Fsp3) is 0.320. The molecule has 8 nitrogen and oxygen atoms in total. The van der Waals surface area contributed by atoms with Crippen molar-refractivity contribution in [2.75, 3.05) is 34.3 Å². The number of nitrogens with zero attached hydrogens (tertiary/aromatic N) is 4. The summed E-state index contributed by atoms with van der Waals surface area (Å²) in [5.74, 6) is 1.55. The van der Waals surface area contributed by atoms with Crippen LogP contribution in [0.1, 0.15) is 28.5 Å². The van der Waals surface area contributed by atoms with Crippen LogP contribution in [0.4, 0.5) is 0 Å². The van der Waals surface area contributed by atoms with Gasteiger partial charge in [-0.3, -0.25) is 4.79 Å². The molecule has 1 amide bonds. The van der Waals surface area contributed by atoms with Gasteiger partial charge in [0.2, 0.25) is 0 Å². The van der Waals surface area contributed by atoms with Crippen molar-refractivity contribution >= 4 is 35.8 Å². The largest absolute Gasteiger partial charge is 0.497 e. The zero-order valence-electron chi connectivity index (χ0n) is 20.1. The topological polar surface area (TPSA) is 83.8 Å². The van der Waals surface area contributed by atoms with Crippen LogP contribution in [0.15, 0.2) is 65.8 Å². The number of halogens is 1. The Balaban J connectivity index is 0.00000408. The van der Waals surface area contributed by atoms with E-state index in [1.165, 1.54) is 0 Å². The van der Waals surface area contributed by atoms with E-state index < -0.39 is 0 Å². The third-order valence-electron chi connectivity index (χ3n) is 5.01. The summed E-state index contributed by atoms with van der Waals surface area (Å²) >= 11 is 0. The average molecular weight is 576 g/mol. The summed E-state index contributed by atoms with van der Waals surface area (Å²) in [6, 6.07) is 17.5. The van der Waals surface area contributed by atoms with E-state index in [0.29, 0.717) is 18.7 Å². The van der Waals surface area contributed by atoms with Gasteiger partial charge in [0, 0.05) is 38.9 Å². The molecule has 0 aliphatic heterocycles. The molecule has 3 rings (SSSR count). The average Bonchev–Trinajstić information content (AvgIpc) is 3.31. The number of carbonyl (C=O) groups is 1. The van der Waals surface area contributed by atoms with Gasteiger partial charge in [0.25, 0.3) is 5.91 Å². The zero-order valence-corrected chi connectivity index (χ0v) is 22.4. The second-order valence-electron chi connectivity index (χ2n) is 7.72. The Morgan fingerprint density at radius 2 is 1.88 bits per heavy atom. The number of hydrogen-bond acceptors (Lipinski definition) is 4. The number of hydrogen-bond donors (Lipinski definition) is 2. The lowest BCUT2D eigenvalue weighted by molar-refractivity contribution is 0.0827. The second-order valence-corrected chi connectivity index (χ2v) is 7.72. The minimum atomic E-state index is 0. The monoisotopic (exact) mass is 576 g/mol. The number of carbonyl (C=O) groups excluding carboxylic acids is 1. The first-order valence-corrected chi connectivity index (χ1v) is 11.0. The van der Waals surface area contributed by atoms with E-state index in [2.05, 4.69) is 20.7 Å². The molecule has 0 spiro atoms. The number of aliphatic imine (C=N–C) groups is 1. The van der Waals surface area contributed by atoms with Gasteiger partial charge in [0.15, 0.2) is 5.96 Å². The minimum Gasteiger partial charge on any atom is -0.497 e. The molecule has 0 saturated heterocycles. The molecule has 0 bridgehead atoms. The number of rotatable bonds is 9. The van der Waals surface area contributed by atoms with Crippen LogP contribution >= 0.6 is 24.0 Å². The summed E-state index contributed by atoms with van der Waals surface area (Å²) < 4.78 is 7.03. The highest BCUT2D eigenvalue weighted by molar-refractivity contribution is 14.0. The van der Waals surface area contributed by atoms with Crippen molar-refractivity contribution in [2.45, 2.75) is 19.9 Å². The molecule has 9 heteroatoms. The van der Waals surface area contributed by atoms with Crippen molar-refractivity contribution < 1.29 is 9.53 Å². The Kier molecular flexibility index (Phi) is 10.9. The molecule has 3 aromatic rings. The molecule has 182 valence electrons. The third kappa shape index (κ3) is 7.75. The predicted octanol–water partition coefficient (Wildman–Crippen LogP) is 3.50. The van der Waals surface area contributed by atoms with E-state index >= 15 is 0 Å². The van der Waals surface area contributed by atoms with Gasteiger partial charge >= 0.3 is 0 Å². The van der Waals surface area contributed by atoms with Gasteiger partial charge in [0.05, 0.1) is 25.0 Å². The molecule has 0 fully saturated rings. The summed E-state index contributed by atoms with van der Waals surface area (Å²) in [6.45, 7) is 3.96. The van der Waals surface area contributed by atoms with Gasteiger partial charge in [-0.15, -0.1) is 24.0 Å². The summed E-state index contributed by atoms with van der Waals surface area (Å²) in [4.78, 5) is 18.4. The van der Waals surface area contributed by atoms with Crippen molar-refractivity contribution in [3.63, 3.8) is 0 Å². The maximum absolute atomic E-state index is 12.2. The Bertz CT molecular complexity index is 1080. The van der Waals surface area contributed by atoms with Crippen LogP contribution in [0, 0.1) is 0 Å². The van der Waals surface area contributed by atoms with Gasteiger partial charge in [0.1, 0.15) is 5.75 Å². The Morgan fingerprint density at radius 1 is 1.12 bits per heavy atom. The number of aromatic nitrogens is 2. The number of amides is 1. The van der Waals surface area contributed by atoms with Gasteiger partial charge < -0.3 is 20.3 Å². The van der Waals surface area contributed by atoms with Crippen molar-refractivity contribution in [3.8, 4) is 11.4 Å². The number of guanidine groups is 1. The fourth-order valence-electron chi connectivity index (χ4n) is 3.27. The molecule has 0 saturated carbocycles. The maximum Gasteiger partial charge on any atom is 0.253 e. The van der Waals surface area contributed by atoms with Crippen molar-refractivity contribution in [2.24, 2.45) is 4.99 Å². The highest BCUT2D eigenvalue weighted by atomic mass is 127. The molecule has 0 unspecified atom stereocenters. The Labute approximate surface area is 218 Å². The highest BCUT2D eigenvalue weighted by Gasteiger charge is 2.08. The summed E-state index contributed by atoms with van der Waals surface area (Å²) in [5.41, 5.74) is 3.64. The zero-order chi connectivity index (χ0) is 23.6. The van der Waals surface area contributed by atoms with Crippen LogP contribution < -0.4 is 15.4 Å². The summed E-state index contributed by atoms with van der Waals surface area (Å²) in [5, 5.41) is 11.2. The molecule has 34 heavy (non-hydrogen) atoms. The number of benzene rings is 2. The SMILES string of the molecule is CCNC(=NCc1ccn(-c2ccc(OC)cc2)n1)NCCc1cccc(C(=O)N(C)C)c1.I. The molecule has 0 radical (unpaired) electrons. The smallest absolute Gasteiger partial charge is 0.253 e. The first-order chi connectivity index (χ1) is 16.0. The molecule has 0 aliphatic carbocycles. The number of nitrogens with one attached hydrogen (secondary N) is 2. The number of ether oxygens (including phenoxy) is 1. The molecular formula is C25H33IN6O2. The molecular weight excluding hydrogens is 543 g/mol. The molecule has 2 N–H and O–H groups in total. The van der Waals surface area contributed by atoms with E-state index in [0.717, 1.165) is 41.6 Å². The van der Waals surface area contributed by atoms with Gasteiger partial charge in [-0.2, -0.15) is 5.10 Å². The standard InChI is InChI=1S/C25H32N6O2.HI/c1-5-26-25(27-15-13-19-7-6-8-20(17-19)24(32)30(2)3)28-18-21-14-16-31(29-21)22-9-11-23(33-4)12-10-22;/h6-12,14,16-17H,5,13,15,18H2,1-4H3,(H2,26,27,28);1H. The van der Waals surface area contributed by atoms with Crippen LogP contribution in [-0.4, -0.2) is 60.8 Å². The molecule has 0 aliphatic rings. The normalized spacial score (nSPS) is 10.9. The van der Waals surface area contributed by atoms with Crippen molar-refractivity contribution in [1.82, 2.24) is 25.3 Å². The van der Waals surface area contributed by atoms with Crippen LogP contribution in [-0.2, 0) is 13.0 Å². The minimum absolute atomic E-state index is 0. The fourth-order valence-corrected chi connectivity index (χ4v) is 3.27. The molecule has 1 heterocycles. The summed E-state index contributed by atoms with van der Waals surface area (Å²) in [7, 11) is 5.17. The van der Waals surface area contributed by atoms with Crippen LogP contribution in [0.3, 0.4) is 0 Å². The predicted molar refractivity (Wildman–Crippen MR) is 147 cm³/mol. The quantitative estimate of drug-likeness (QED) is 0.232. The van der Waals surface area contributed by atoms with Crippen LogP contribution in [0.5, 0.6) is 5.75 Å². The molecule has 0 atom stereocenters. The summed E-state index contributed by atoms with van der Waals surface area (Å²) in [6.07, 6.45) is 2.71. The van der Waals surface area contributed by atoms with Crippen molar-refractivity contribution in [1.29, 1.82) is 0 Å². The second kappa shape index (κ2) is 13.6. The van der Waals surface area contributed by atoms with E-state index in [1.807, 2.05) is 72.4 Å². The van der Waals surface area contributed by atoms with E-state index in [1.54, 1.807) is 26.1 Å². The first-order valence-electron chi connectivity index (χ1n) is 11.0. The Hall–Kier alpha value is -3.08. The first kappa shape index (κ1) is 27.2. The molecule has 2 aromatic carbocycles. The van der Waals surface area contributed by atoms with E-state index in [4.69, 9.17) is 4.74 Å². The van der Waals surface area contributed by atoms with E-state index in [-0.39, 0.29) is 29.9 Å². The maximum atomic E-state index is 12.2.